The minimum atomic E-state index is -4.52. The van der Waals surface area contributed by atoms with E-state index in [4.69, 9.17) is 9.72 Å². The number of ether oxygens (including phenoxy) is 1. The second-order valence-corrected chi connectivity index (χ2v) is 11.8. The number of hydrogen-bond acceptors (Lipinski definition) is 7. The average molecular weight is 572 g/mol. The lowest BCUT2D eigenvalue weighted by molar-refractivity contribution is -0.137. The number of carbonyl (C=O) groups excluding carboxylic acids is 1. The minimum absolute atomic E-state index is 0.0647. The first-order chi connectivity index (χ1) is 19.0. The van der Waals surface area contributed by atoms with E-state index in [0.29, 0.717) is 42.6 Å². The largest absolute Gasteiger partial charge is 0.444 e. The summed E-state index contributed by atoms with van der Waals surface area (Å²) in [5.41, 5.74) is 0.0764. The van der Waals surface area contributed by atoms with E-state index in [1.54, 1.807) is 17.0 Å². The summed E-state index contributed by atoms with van der Waals surface area (Å²) in [6.45, 7) is 7.79. The molecule has 0 radical (unpaired) electrons. The molecule has 0 spiro atoms. The van der Waals surface area contributed by atoms with Gasteiger partial charge in [-0.1, -0.05) is 30.3 Å². The number of benzene rings is 1. The van der Waals surface area contributed by atoms with Crippen LogP contribution in [0, 0.1) is 0 Å². The number of rotatable bonds is 6. The molecule has 1 amide bonds. The monoisotopic (exact) mass is 571 g/mol. The van der Waals surface area contributed by atoms with Crippen molar-refractivity contribution < 1.29 is 22.7 Å². The highest BCUT2D eigenvalue weighted by molar-refractivity contribution is 8.00. The van der Waals surface area contributed by atoms with Crippen LogP contribution in [-0.4, -0.2) is 52.7 Å². The van der Waals surface area contributed by atoms with Gasteiger partial charge in [-0.15, -0.1) is 0 Å². The molecule has 212 valence electrons. The number of nitrogens with one attached hydrogen (secondary N) is 1. The molecule has 3 heterocycles. The Morgan fingerprint density at radius 2 is 1.68 bits per heavy atom. The number of nitrogens with zero attached hydrogens (tertiary/aromatic N) is 4. The van der Waals surface area contributed by atoms with Crippen molar-refractivity contribution in [2.75, 3.05) is 35.8 Å². The smallest absolute Gasteiger partial charge is 0.418 e. The van der Waals surface area contributed by atoms with Crippen molar-refractivity contribution in [2.45, 2.75) is 56.3 Å². The Morgan fingerprint density at radius 1 is 0.950 bits per heavy atom. The van der Waals surface area contributed by atoms with Crippen molar-refractivity contribution >= 4 is 29.7 Å². The summed E-state index contributed by atoms with van der Waals surface area (Å²) in [5, 5.41) is 0.647. The molecule has 2 aromatic heterocycles. The van der Waals surface area contributed by atoms with Crippen LogP contribution in [0.15, 0.2) is 59.6 Å². The van der Waals surface area contributed by atoms with Gasteiger partial charge in [-0.05, 0) is 69.4 Å². The van der Waals surface area contributed by atoms with E-state index >= 15 is 0 Å². The third-order valence-electron chi connectivity index (χ3n) is 6.66. The van der Waals surface area contributed by atoms with Crippen molar-refractivity contribution in [3.8, 4) is 11.3 Å². The molecular formula is C29H32F3N5O2S. The molecule has 1 saturated carbocycles. The van der Waals surface area contributed by atoms with Gasteiger partial charge in [0.05, 0.1) is 11.3 Å². The zero-order valence-corrected chi connectivity index (χ0v) is 23.5. The van der Waals surface area contributed by atoms with Crippen LogP contribution >= 0.6 is 11.9 Å². The van der Waals surface area contributed by atoms with E-state index in [2.05, 4.69) is 14.6 Å². The van der Waals surface area contributed by atoms with Crippen LogP contribution in [0.25, 0.3) is 11.3 Å². The Labute approximate surface area is 236 Å². The van der Waals surface area contributed by atoms with Gasteiger partial charge in [-0.25, -0.2) is 14.8 Å². The summed E-state index contributed by atoms with van der Waals surface area (Å²) in [6, 6.07) is 15.3. The van der Waals surface area contributed by atoms with Crippen LogP contribution in [0.4, 0.5) is 29.6 Å². The minimum Gasteiger partial charge on any atom is -0.444 e. The van der Waals surface area contributed by atoms with Crippen molar-refractivity contribution in [1.29, 1.82) is 0 Å². The molecular weight excluding hydrogens is 539 g/mol. The Kier molecular flexibility index (Phi) is 7.85. The average Bonchev–Trinajstić information content (AvgIpc) is 3.76. The third kappa shape index (κ3) is 6.80. The second-order valence-electron chi connectivity index (χ2n) is 10.9. The SMILES string of the molecule is CC(C)(C)OC(=O)N1CCN(c2cccc(SNc3ccc(C(F)(F)F)c(-c4ccccc4C4CC4)n3)n2)CC1. The Morgan fingerprint density at radius 3 is 2.35 bits per heavy atom. The number of aromatic nitrogens is 2. The third-order valence-corrected chi connectivity index (χ3v) is 7.41. The highest BCUT2D eigenvalue weighted by Gasteiger charge is 2.36. The van der Waals surface area contributed by atoms with Gasteiger partial charge in [-0.3, -0.25) is 0 Å². The predicted molar refractivity (Wildman–Crippen MR) is 150 cm³/mol. The number of carbonyl (C=O) groups is 1. The number of halogens is 3. The zero-order chi connectivity index (χ0) is 28.5. The van der Waals surface area contributed by atoms with Crippen molar-refractivity contribution in [3.05, 3.63) is 65.7 Å². The maximum absolute atomic E-state index is 13.9. The summed E-state index contributed by atoms with van der Waals surface area (Å²) in [5.74, 6) is 1.36. The summed E-state index contributed by atoms with van der Waals surface area (Å²) in [4.78, 5) is 25.3. The molecule has 0 unspecified atom stereocenters. The van der Waals surface area contributed by atoms with Crippen LogP contribution < -0.4 is 9.62 Å². The van der Waals surface area contributed by atoms with Gasteiger partial charge in [0, 0.05) is 43.7 Å². The van der Waals surface area contributed by atoms with Gasteiger partial charge in [-0.2, -0.15) is 13.2 Å². The van der Waals surface area contributed by atoms with Crippen molar-refractivity contribution in [2.24, 2.45) is 0 Å². The number of amides is 1. The molecule has 1 N–H and O–H groups in total. The van der Waals surface area contributed by atoms with Crippen LogP contribution in [0.2, 0.25) is 0 Å². The molecule has 2 aliphatic rings. The number of piperazine rings is 1. The number of anilines is 2. The fourth-order valence-corrected chi connectivity index (χ4v) is 5.21. The number of hydrogen-bond donors (Lipinski definition) is 1. The van der Waals surface area contributed by atoms with Crippen molar-refractivity contribution in [1.82, 2.24) is 14.9 Å². The molecule has 1 aliphatic carbocycles. The van der Waals surface area contributed by atoms with Crippen LogP contribution in [0.3, 0.4) is 0 Å². The van der Waals surface area contributed by atoms with Gasteiger partial charge >= 0.3 is 12.3 Å². The van der Waals surface area contributed by atoms with E-state index < -0.39 is 17.3 Å². The van der Waals surface area contributed by atoms with Gasteiger partial charge in [0.15, 0.2) is 0 Å². The number of pyridine rings is 2. The lowest BCUT2D eigenvalue weighted by atomic mass is 9.97. The summed E-state index contributed by atoms with van der Waals surface area (Å²) in [7, 11) is 0. The zero-order valence-electron chi connectivity index (χ0n) is 22.7. The fraction of sp³-hybridized carbons (Fsp3) is 0.414. The normalized spacial score (nSPS) is 16.1. The van der Waals surface area contributed by atoms with E-state index in [1.807, 2.05) is 51.1 Å². The summed E-state index contributed by atoms with van der Waals surface area (Å²) < 4.78 is 50.3. The fourth-order valence-electron chi connectivity index (χ4n) is 4.60. The summed E-state index contributed by atoms with van der Waals surface area (Å²) >= 11 is 1.19. The lowest BCUT2D eigenvalue weighted by Crippen LogP contribution is -2.50. The molecule has 11 heteroatoms. The Bertz CT molecular complexity index is 1370. The molecule has 1 aliphatic heterocycles. The standard InChI is InChI=1S/C29H32F3N5O2S/c1-28(2,3)39-27(38)37-17-15-36(16-18-37)24-9-6-10-25(34-24)40-35-23-14-13-22(29(30,31)32)26(33-23)21-8-5-4-7-20(21)19-11-12-19/h4-10,13-14,19H,11-12,15-18H2,1-3H3,(H,33,35). The molecule has 5 rings (SSSR count). The molecule has 1 saturated heterocycles. The van der Waals surface area contributed by atoms with Gasteiger partial charge < -0.3 is 19.3 Å². The van der Waals surface area contributed by atoms with Gasteiger partial charge in [0.1, 0.15) is 22.3 Å². The Balaban J connectivity index is 1.28. The van der Waals surface area contributed by atoms with Crippen LogP contribution in [0.1, 0.15) is 50.7 Å². The van der Waals surface area contributed by atoms with Crippen LogP contribution in [-0.2, 0) is 10.9 Å². The molecule has 2 fully saturated rings. The molecule has 0 bridgehead atoms. The quantitative estimate of drug-likeness (QED) is 0.313. The van der Waals surface area contributed by atoms with E-state index in [-0.39, 0.29) is 17.7 Å². The van der Waals surface area contributed by atoms with E-state index in [1.165, 1.54) is 18.0 Å². The van der Waals surface area contributed by atoms with Crippen molar-refractivity contribution in [3.63, 3.8) is 0 Å². The first-order valence-corrected chi connectivity index (χ1v) is 14.1. The Hall–Kier alpha value is -3.47. The highest BCUT2D eigenvalue weighted by atomic mass is 32.2. The molecule has 40 heavy (non-hydrogen) atoms. The predicted octanol–water partition coefficient (Wildman–Crippen LogP) is 7.22. The molecule has 0 atom stereocenters. The van der Waals surface area contributed by atoms with E-state index in [0.717, 1.165) is 30.3 Å². The maximum atomic E-state index is 13.9. The first kappa shape index (κ1) is 28.1. The summed E-state index contributed by atoms with van der Waals surface area (Å²) in [6.07, 6.45) is -2.89. The van der Waals surface area contributed by atoms with Crippen LogP contribution in [0.5, 0.6) is 0 Å². The van der Waals surface area contributed by atoms with Gasteiger partial charge in [0.25, 0.3) is 0 Å². The topological polar surface area (TPSA) is 70.6 Å². The first-order valence-electron chi connectivity index (χ1n) is 13.3. The lowest BCUT2D eigenvalue weighted by Gasteiger charge is -2.36. The molecule has 7 nitrogen and oxygen atoms in total. The maximum Gasteiger partial charge on any atom is 0.418 e. The second kappa shape index (κ2) is 11.2. The van der Waals surface area contributed by atoms with E-state index in [9.17, 15) is 18.0 Å². The molecule has 1 aromatic carbocycles. The van der Waals surface area contributed by atoms with Gasteiger partial charge in [0.2, 0.25) is 0 Å². The molecule has 3 aromatic rings. The number of alkyl halides is 3. The highest BCUT2D eigenvalue weighted by Crippen LogP contribution is 2.46.